The first kappa shape index (κ1) is 11.4. The van der Waals surface area contributed by atoms with E-state index in [-0.39, 0.29) is 0 Å². The van der Waals surface area contributed by atoms with E-state index in [0.717, 1.165) is 24.0 Å². The van der Waals surface area contributed by atoms with Crippen LogP contribution in [0.3, 0.4) is 0 Å². The second-order valence-corrected chi connectivity index (χ2v) is 5.01. The lowest BCUT2D eigenvalue weighted by molar-refractivity contribution is 0.578. The van der Waals surface area contributed by atoms with Crippen LogP contribution in [-0.2, 0) is 0 Å². The van der Waals surface area contributed by atoms with Gasteiger partial charge in [-0.25, -0.2) is 9.97 Å². The first-order valence-electron chi connectivity index (χ1n) is 6.31. The second kappa shape index (κ2) is 5.28. The topological polar surface area (TPSA) is 37.8 Å². The molecule has 1 N–H and O–H groups in total. The normalized spacial score (nSPS) is 16.9. The molecule has 1 aromatic rings. The Morgan fingerprint density at radius 1 is 1.31 bits per heavy atom. The Balaban J connectivity index is 1.90. The molecule has 0 unspecified atom stereocenters. The van der Waals surface area contributed by atoms with Crippen LogP contribution in [0.4, 0.5) is 5.82 Å². The fourth-order valence-corrected chi connectivity index (χ4v) is 2.25. The summed E-state index contributed by atoms with van der Waals surface area (Å²) in [5.74, 6) is 2.29. The molecule has 3 heteroatoms. The molecule has 0 aromatic carbocycles. The maximum atomic E-state index is 4.27. The molecule has 0 atom stereocenters. The molecule has 0 radical (unpaired) electrons. The minimum atomic E-state index is 0.468. The molecule has 1 aliphatic carbocycles. The minimum Gasteiger partial charge on any atom is -0.370 e. The molecule has 0 spiro atoms. The Morgan fingerprint density at radius 3 is 2.75 bits per heavy atom. The van der Waals surface area contributed by atoms with Gasteiger partial charge in [-0.1, -0.05) is 26.7 Å². The maximum absolute atomic E-state index is 4.27. The number of aromatic nitrogens is 2. The average Bonchev–Trinajstić information content (AvgIpc) is 2.79. The molecule has 88 valence electrons. The predicted molar refractivity (Wildman–Crippen MR) is 66.6 cm³/mol. The molecule has 1 saturated carbocycles. The van der Waals surface area contributed by atoms with Crippen LogP contribution in [0.15, 0.2) is 12.4 Å². The van der Waals surface area contributed by atoms with E-state index in [2.05, 4.69) is 35.2 Å². The Hall–Kier alpha value is -1.12. The van der Waals surface area contributed by atoms with E-state index in [9.17, 15) is 0 Å². The van der Waals surface area contributed by atoms with E-state index in [0.29, 0.717) is 5.92 Å². The van der Waals surface area contributed by atoms with Gasteiger partial charge in [0.25, 0.3) is 0 Å². The summed E-state index contributed by atoms with van der Waals surface area (Å²) in [5.41, 5.74) is 1.11. The van der Waals surface area contributed by atoms with E-state index >= 15 is 0 Å². The molecule has 1 heterocycles. The highest BCUT2D eigenvalue weighted by Crippen LogP contribution is 2.24. The summed E-state index contributed by atoms with van der Waals surface area (Å²) in [7, 11) is 0. The monoisotopic (exact) mass is 219 g/mol. The Labute approximate surface area is 97.7 Å². The molecule has 0 aliphatic heterocycles. The highest BCUT2D eigenvalue weighted by atomic mass is 15.0. The van der Waals surface area contributed by atoms with Gasteiger partial charge in [-0.05, 0) is 24.7 Å². The summed E-state index contributed by atoms with van der Waals surface area (Å²) in [6.07, 6.45) is 7.19. The molecular formula is C13H21N3. The summed E-state index contributed by atoms with van der Waals surface area (Å²) >= 11 is 0. The van der Waals surface area contributed by atoms with Gasteiger partial charge < -0.3 is 5.32 Å². The standard InChI is InChI=1S/C13H21N3/c1-10(2)12-7-13(16-9-15-12)14-8-11-5-3-4-6-11/h7,9-11H,3-6,8H2,1-2H3,(H,14,15,16). The summed E-state index contributed by atoms with van der Waals surface area (Å²) in [4.78, 5) is 8.53. The lowest BCUT2D eigenvalue weighted by Crippen LogP contribution is -2.12. The third-order valence-corrected chi connectivity index (χ3v) is 3.33. The van der Waals surface area contributed by atoms with Gasteiger partial charge in [-0.2, -0.15) is 0 Å². The number of rotatable bonds is 4. The first-order valence-corrected chi connectivity index (χ1v) is 6.31. The molecule has 0 bridgehead atoms. The van der Waals surface area contributed by atoms with E-state index in [1.807, 2.05) is 0 Å². The van der Waals surface area contributed by atoms with Gasteiger partial charge in [0.2, 0.25) is 0 Å². The first-order chi connectivity index (χ1) is 7.75. The van der Waals surface area contributed by atoms with E-state index in [1.165, 1.54) is 25.7 Å². The number of anilines is 1. The van der Waals surface area contributed by atoms with Gasteiger partial charge in [-0.15, -0.1) is 0 Å². The van der Waals surface area contributed by atoms with Crippen molar-refractivity contribution in [2.75, 3.05) is 11.9 Å². The van der Waals surface area contributed by atoms with Gasteiger partial charge in [0.05, 0.1) is 0 Å². The highest BCUT2D eigenvalue weighted by molar-refractivity contribution is 5.35. The van der Waals surface area contributed by atoms with Crippen molar-refractivity contribution in [1.29, 1.82) is 0 Å². The van der Waals surface area contributed by atoms with Crippen LogP contribution in [0.25, 0.3) is 0 Å². The molecular weight excluding hydrogens is 198 g/mol. The van der Waals surface area contributed by atoms with Gasteiger partial charge >= 0.3 is 0 Å². The average molecular weight is 219 g/mol. The number of nitrogens with zero attached hydrogens (tertiary/aromatic N) is 2. The number of nitrogens with one attached hydrogen (secondary N) is 1. The smallest absolute Gasteiger partial charge is 0.129 e. The quantitative estimate of drug-likeness (QED) is 0.845. The van der Waals surface area contributed by atoms with Crippen molar-refractivity contribution in [3.8, 4) is 0 Å². The predicted octanol–water partition coefficient (Wildman–Crippen LogP) is 3.20. The minimum absolute atomic E-state index is 0.468. The molecule has 1 fully saturated rings. The van der Waals surface area contributed by atoms with Crippen molar-refractivity contribution in [3.05, 3.63) is 18.1 Å². The molecule has 0 saturated heterocycles. The summed E-state index contributed by atoms with van der Waals surface area (Å²) < 4.78 is 0. The summed E-state index contributed by atoms with van der Waals surface area (Å²) in [5, 5.41) is 3.43. The van der Waals surface area contributed by atoms with Crippen molar-refractivity contribution in [2.45, 2.75) is 45.4 Å². The largest absolute Gasteiger partial charge is 0.370 e. The lowest BCUT2D eigenvalue weighted by Gasteiger charge is -2.12. The van der Waals surface area contributed by atoms with Crippen LogP contribution < -0.4 is 5.32 Å². The van der Waals surface area contributed by atoms with Crippen LogP contribution in [0, 0.1) is 5.92 Å². The van der Waals surface area contributed by atoms with Crippen molar-refractivity contribution in [1.82, 2.24) is 9.97 Å². The van der Waals surface area contributed by atoms with E-state index in [4.69, 9.17) is 0 Å². The van der Waals surface area contributed by atoms with Crippen LogP contribution >= 0.6 is 0 Å². The fourth-order valence-electron chi connectivity index (χ4n) is 2.25. The summed E-state index contributed by atoms with van der Waals surface area (Å²) in [6.45, 7) is 5.38. The van der Waals surface area contributed by atoms with Crippen LogP contribution in [0.5, 0.6) is 0 Å². The van der Waals surface area contributed by atoms with Crippen molar-refractivity contribution in [3.63, 3.8) is 0 Å². The number of hydrogen-bond donors (Lipinski definition) is 1. The van der Waals surface area contributed by atoms with Crippen molar-refractivity contribution >= 4 is 5.82 Å². The second-order valence-electron chi connectivity index (χ2n) is 5.01. The molecule has 16 heavy (non-hydrogen) atoms. The number of hydrogen-bond acceptors (Lipinski definition) is 3. The van der Waals surface area contributed by atoms with Gasteiger partial charge in [-0.3, -0.25) is 0 Å². The van der Waals surface area contributed by atoms with Crippen molar-refractivity contribution < 1.29 is 0 Å². The Morgan fingerprint density at radius 2 is 2.06 bits per heavy atom. The zero-order valence-corrected chi connectivity index (χ0v) is 10.2. The van der Waals surface area contributed by atoms with Gasteiger partial charge in [0.1, 0.15) is 12.1 Å². The summed E-state index contributed by atoms with van der Waals surface area (Å²) in [6, 6.07) is 2.07. The molecule has 1 aliphatic rings. The van der Waals surface area contributed by atoms with Crippen LogP contribution in [0.1, 0.15) is 51.1 Å². The van der Waals surface area contributed by atoms with Crippen LogP contribution in [0.2, 0.25) is 0 Å². The maximum Gasteiger partial charge on any atom is 0.129 e. The Kier molecular flexibility index (Phi) is 3.75. The lowest BCUT2D eigenvalue weighted by atomic mass is 10.1. The zero-order chi connectivity index (χ0) is 11.4. The molecule has 3 nitrogen and oxygen atoms in total. The third kappa shape index (κ3) is 2.94. The van der Waals surface area contributed by atoms with E-state index in [1.54, 1.807) is 6.33 Å². The molecule has 1 aromatic heterocycles. The van der Waals surface area contributed by atoms with E-state index < -0.39 is 0 Å². The fraction of sp³-hybridized carbons (Fsp3) is 0.692. The highest BCUT2D eigenvalue weighted by Gasteiger charge is 2.14. The van der Waals surface area contributed by atoms with Gasteiger partial charge in [0.15, 0.2) is 0 Å². The zero-order valence-electron chi connectivity index (χ0n) is 10.2. The van der Waals surface area contributed by atoms with Gasteiger partial charge in [0, 0.05) is 18.3 Å². The SMILES string of the molecule is CC(C)c1cc(NCC2CCCC2)ncn1. The third-order valence-electron chi connectivity index (χ3n) is 3.33. The van der Waals surface area contributed by atoms with Crippen molar-refractivity contribution in [2.24, 2.45) is 5.92 Å². The molecule has 2 rings (SSSR count). The Bertz CT molecular complexity index is 330. The van der Waals surface area contributed by atoms with Crippen LogP contribution in [-0.4, -0.2) is 16.5 Å². The molecule has 0 amide bonds.